The molecule has 1 saturated heterocycles. The lowest BCUT2D eigenvalue weighted by molar-refractivity contribution is -0.423. The molecule has 3 aliphatic rings. The van der Waals surface area contributed by atoms with Crippen molar-refractivity contribution in [3.8, 4) is 0 Å². The average Bonchev–Trinajstić information content (AvgIpc) is 2.81. The van der Waals surface area contributed by atoms with Crippen LogP contribution in [0.4, 0.5) is 0 Å². The second-order valence-electron chi connectivity index (χ2n) is 9.20. The Morgan fingerprint density at radius 1 is 1.04 bits per heavy atom. The van der Waals surface area contributed by atoms with Gasteiger partial charge in [-0.1, -0.05) is 26.3 Å². The van der Waals surface area contributed by atoms with Crippen LogP contribution in [0.5, 0.6) is 0 Å². The first-order valence-electron chi connectivity index (χ1n) is 9.28. The van der Waals surface area contributed by atoms with Crippen LogP contribution in [0.15, 0.2) is 11.1 Å². The van der Waals surface area contributed by atoms with Crippen molar-refractivity contribution in [2.75, 3.05) is 0 Å². The van der Waals surface area contributed by atoms with Gasteiger partial charge in [-0.05, 0) is 70.8 Å². The Kier molecular flexibility index (Phi) is 4.02. The molecule has 3 nitrogen and oxygen atoms in total. The van der Waals surface area contributed by atoms with E-state index in [0.29, 0.717) is 5.92 Å². The minimum absolute atomic E-state index is 0.0317. The van der Waals surface area contributed by atoms with Crippen LogP contribution >= 0.6 is 0 Å². The standard InChI is InChI=1S/C20H34O3/c1-12-8-10-19(7)16-9-11-20(19,14(12)3)23-22-18(5,6)15(4)17(21)13(16)2/h13,15-17,21H,8-11H2,1-7H3. The van der Waals surface area contributed by atoms with E-state index >= 15 is 0 Å². The first kappa shape index (κ1) is 17.4. The number of hydrogen-bond donors (Lipinski definition) is 1. The normalized spacial score (nSPS) is 50.1. The van der Waals surface area contributed by atoms with Crippen molar-refractivity contribution in [3.05, 3.63) is 11.1 Å². The zero-order valence-electron chi connectivity index (χ0n) is 15.9. The highest BCUT2D eigenvalue weighted by atomic mass is 17.2. The van der Waals surface area contributed by atoms with Gasteiger partial charge in [-0.15, -0.1) is 0 Å². The van der Waals surface area contributed by atoms with Gasteiger partial charge in [-0.3, -0.25) is 0 Å². The lowest BCUT2D eigenvalue weighted by atomic mass is 9.58. The SMILES string of the molecule is CC1=C(C)C23CCC(C(C)C(O)C(C)C(C)(C)OO2)C3(C)CC1. The van der Waals surface area contributed by atoms with Crippen molar-refractivity contribution in [2.24, 2.45) is 23.2 Å². The van der Waals surface area contributed by atoms with Crippen LogP contribution in [0, 0.1) is 23.2 Å². The van der Waals surface area contributed by atoms with Gasteiger partial charge < -0.3 is 5.11 Å². The number of allylic oxidation sites excluding steroid dienone is 1. The van der Waals surface area contributed by atoms with E-state index in [9.17, 15) is 5.11 Å². The molecule has 1 aliphatic heterocycles. The second-order valence-corrected chi connectivity index (χ2v) is 9.20. The van der Waals surface area contributed by atoms with Gasteiger partial charge in [-0.2, -0.15) is 0 Å². The maximum Gasteiger partial charge on any atom is 0.130 e. The zero-order valence-corrected chi connectivity index (χ0v) is 15.9. The van der Waals surface area contributed by atoms with Gasteiger partial charge in [0.15, 0.2) is 0 Å². The quantitative estimate of drug-likeness (QED) is 0.521. The third-order valence-electron chi connectivity index (χ3n) is 7.99. The third-order valence-corrected chi connectivity index (χ3v) is 7.99. The third kappa shape index (κ3) is 2.19. The van der Waals surface area contributed by atoms with Crippen molar-refractivity contribution in [1.29, 1.82) is 0 Å². The van der Waals surface area contributed by atoms with Crippen molar-refractivity contribution in [2.45, 2.75) is 91.5 Å². The number of rotatable bonds is 0. The molecule has 0 aromatic carbocycles. The van der Waals surface area contributed by atoms with E-state index in [0.717, 1.165) is 25.7 Å². The molecule has 3 heteroatoms. The lowest BCUT2D eigenvalue weighted by Crippen LogP contribution is -2.52. The Bertz CT molecular complexity index is 523. The Balaban J connectivity index is 2.14. The monoisotopic (exact) mass is 322 g/mol. The smallest absolute Gasteiger partial charge is 0.130 e. The molecule has 2 bridgehead atoms. The van der Waals surface area contributed by atoms with Crippen LogP contribution in [0.25, 0.3) is 0 Å². The highest BCUT2D eigenvalue weighted by molar-refractivity contribution is 5.32. The highest BCUT2D eigenvalue weighted by Gasteiger charge is 2.64. The van der Waals surface area contributed by atoms with Crippen LogP contribution < -0.4 is 0 Å². The molecule has 6 unspecified atom stereocenters. The fraction of sp³-hybridized carbons (Fsp3) is 0.900. The van der Waals surface area contributed by atoms with Crippen LogP contribution in [0.3, 0.4) is 0 Å². The summed E-state index contributed by atoms with van der Waals surface area (Å²) in [5, 5.41) is 11.0. The summed E-state index contributed by atoms with van der Waals surface area (Å²) in [5.41, 5.74) is 2.03. The van der Waals surface area contributed by atoms with Gasteiger partial charge in [0, 0.05) is 11.3 Å². The van der Waals surface area contributed by atoms with Crippen molar-refractivity contribution >= 4 is 0 Å². The van der Waals surface area contributed by atoms with Gasteiger partial charge in [-0.25, -0.2) is 9.78 Å². The highest BCUT2D eigenvalue weighted by Crippen LogP contribution is 2.64. The van der Waals surface area contributed by atoms with Crippen LogP contribution in [0.1, 0.15) is 74.1 Å². The molecule has 0 spiro atoms. The number of hydrogen-bond acceptors (Lipinski definition) is 3. The van der Waals surface area contributed by atoms with Crippen LogP contribution in [-0.4, -0.2) is 22.4 Å². The van der Waals surface area contributed by atoms with Gasteiger partial charge in [0.1, 0.15) is 11.2 Å². The molecule has 1 N–H and O–H groups in total. The molecule has 0 aromatic heterocycles. The Hall–Kier alpha value is -0.380. The first-order valence-corrected chi connectivity index (χ1v) is 9.28. The number of aliphatic hydroxyl groups is 1. The van der Waals surface area contributed by atoms with Crippen LogP contribution in [0.2, 0.25) is 0 Å². The molecule has 1 saturated carbocycles. The van der Waals surface area contributed by atoms with E-state index in [1.807, 2.05) is 13.8 Å². The Morgan fingerprint density at radius 2 is 1.70 bits per heavy atom. The summed E-state index contributed by atoms with van der Waals surface area (Å²) in [6.45, 7) is 15.2. The predicted molar refractivity (Wildman–Crippen MR) is 91.8 cm³/mol. The van der Waals surface area contributed by atoms with E-state index in [4.69, 9.17) is 9.78 Å². The molecule has 132 valence electrons. The molecule has 6 atom stereocenters. The molecule has 23 heavy (non-hydrogen) atoms. The molecule has 2 fully saturated rings. The molecular weight excluding hydrogens is 288 g/mol. The first-order chi connectivity index (χ1) is 10.6. The van der Waals surface area contributed by atoms with Gasteiger partial charge >= 0.3 is 0 Å². The summed E-state index contributed by atoms with van der Waals surface area (Å²) in [6, 6.07) is 0. The molecule has 2 aliphatic carbocycles. The topological polar surface area (TPSA) is 38.7 Å². The van der Waals surface area contributed by atoms with Crippen molar-refractivity contribution in [3.63, 3.8) is 0 Å². The number of aliphatic hydroxyl groups excluding tert-OH is 1. The van der Waals surface area contributed by atoms with E-state index < -0.39 is 5.60 Å². The Labute approximate surface area is 141 Å². The molecule has 0 aromatic rings. The van der Waals surface area contributed by atoms with E-state index in [1.165, 1.54) is 11.1 Å². The molecule has 0 radical (unpaired) electrons. The minimum Gasteiger partial charge on any atom is -0.392 e. The molecule has 1 heterocycles. The maximum atomic E-state index is 11.0. The fourth-order valence-corrected chi connectivity index (χ4v) is 5.65. The molecule has 3 rings (SSSR count). The van der Waals surface area contributed by atoms with Crippen molar-refractivity contribution < 1.29 is 14.9 Å². The van der Waals surface area contributed by atoms with Gasteiger partial charge in [0.25, 0.3) is 0 Å². The van der Waals surface area contributed by atoms with E-state index in [-0.39, 0.29) is 29.0 Å². The Morgan fingerprint density at radius 3 is 2.35 bits per heavy atom. The van der Waals surface area contributed by atoms with Gasteiger partial charge in [0.2, 0.25) is 0 Å². The van der Waals surface area contributed by atoms with E-state index in [1.54, 1.807) is 0 Å². The van der Waals surface area contributed by atoms with Crippen molar-refractivity contribution in [1.82, 2.24) is 0 Å². The van der Waals surface area contributed by atoms with Gasteiger partial charge in [0.05, 0.1) is 6.10 Å². The fourth-order valence-electron chi connectivity index (χ4n) is 5.65. The summed E-state index contributed by atoms with van der Waals surface area (Å²) in [4.78, 5) is 12.4. The summed E-state index contributed by atoms with van der Waals surface area (Å²) >= 11 is 0. The lowest BCUT2D eigenvalue weighted by Gasteiger charge is -2.50. The van der Waals surface area contributed by atoms with E-state index in [2.05, 4.69) is 34.6 Å². The largest absolute Gasteiger partial charge is 0.392 e. The average molecular weight is 322 g/mol. The maximum absolute atomic E-state index is 11.0. The summed E-state index contributed by atoms with van der Waals surface area (Å²) in [7, 11) is 0. The second kappa shape index (κ2) is 5.31. The zero-order chi connectivity index (χ0) is 17.2. The molecular formula is C20H34O3. The van der Waals surface area contributed by atoms with Crippen LogP contribution in [-0.2, 0) is 9.78 Å². The molecule has 0 amide bonds. The predicted octanol–water partition coefficient (Wildman–Crippen LogP) is 4.65. The summed E-state index contributed by atoms with van der Waals surface area (Å²) < 4.78 is 0. The minimum atomic E-state index is -0.501. The summed E-state index contributed by atoms with van der Waals surface area (Å²) in [6.07, 6.45) is 3.99. The summed E-state index contributed by atoms with van der Waals surface area (Å²) in [5.74, 6) is 0.762.